The van der Waals surface area contributed by atoms with Gasteiger partial charge in [0.05, 0.1) is 19.5 Å². The van der Waals surface area contributed by atoms with E-state index in [1.54, 1.807) is 24.4 Å². The van der Waals surface area contributed by atoms with Crippen molar-refractivity contribution in [2.45, 2.75) is 6.54 Å². The van der Waals surface area contributed by atoms with E-state index in [2.05, 4.69) is 15.3 Å². The highest BCUT2D eigenvalue weighted by Gasteiger charge is 2.03. The first-order valence-electron chi connectivity index (χ1n) is 5.36. The van der Waals surface area contributed by atoms with Gasteiger partial charge in [-0.15, -0.1) is 0 Å². The van der Waals surface area contributed by atoms with Gasteiger partial charge in [0.15, 0.2) is 0 Å². The summed E-state index contributed by atoms with van der Waals surface area (Å²) in [5.74, 6) is 1.18. The van der Waals surface area contributed by atoms with Crippen LogP contribution in [0, 0.1) is 0 Å². The highest BCUT2D eigenvalue weighted by atomic mass is 16.5. The summed E-state index contributed by atoms with van der Waals surface area (Å²) < 4.78 is 4.97. The van der Waals surface area contributed by atoms with Gasteiger partial charge in [0.2, 0.25) is 5.88 Å². The minimum atomic E-state index is 0.188. The average Bonchev–Trinajstić information content (AvgIpc) is 2.40. The molecule has 0 atom stereocenters. The Labute approximate surface area is 104 Å². The molecule has 0 unspecified atom stereocenters. The number of aromatic hydroxyl groups is 1. The molecule has 0 radical (unpaired) electrons. The molecular formula is C12H14N4O2. The van der Waals surface area contributed by atoms with Crippen molar-refractivity contribution in [1.82, 2.24) is 9.97 Å². The van der Waals surface area contributed by atoms with Crippen LogP contribution in [0.2, 0.25) is 0 Å². The summed E-state index contributed by atoms with van der Waals surface area (Å²) in [4.78, 5) is 8.12. The number of nitrogens with one attached hydrogen (secondary N) is 1. The number of anilines is 2. The van der Waals surface area contributed by atoms with Crippen LogP contribution in [0.1, 0.15) is 5.56 Å². The number of benzene rings is 1. The van der Waals surface area contributed by atoms with E-state index >= 15 is 0 Å². The number of hydrogen-bond acceptors (Lipinski definition) is 6. The van der Waals surface area contributed by atoms with E-state index in [1.807, 2.05) is 0 Å². The Morgan fingerprint density at radius 3 is 3.00 bits per heavy atom. The van der Waals surface area contributed by atoms with Crippen molar-refractivity contribution >= 4 is 11.5 Å². The quantitative estimate of drug-likeness (QED) is 0.557. The predicted molar refractivity (Wildman–Crippen MR) is 68.4 cm³/mol. The topological polar surface area (TPSA) is 93.3 Å². The molecule has 0 spiro atoms. The molecule has 18 heavy (non-hydrogen) atoms. The highest BCUT2D eigenvalue weighted by Crippen LogP contribution is 2.20. The largest absolute Gasteiger partial charge is 0.508 e. The van der Waals surface area contributed by atoms with Crippen molar-refractivity contribution < 1.29 is 9.84 Å². The lowest BCUT2D eigenvalue weighted by Crippen LogP contribution is -2.03. The minimum absolute atomic E-state index is 0.188. The fourth-order valence-electron chi connectivity index (χ4n) is 1.46. The molecule has 1 heterocycles. The van der Waals surface area contributed by atoms with Gasteiger partial charge in [-0.05, 0) is 18.2 Å². The SMILES string of the molecule is COc1cncc(NCc2cc(N)ccc2O)n1. The number of aromatic nitrogens is 2. The number of ether oxygens (including phenoxy) is 1. The minimum Gasteiger partial charge on any atom is -0.508 e. The molecule has 94 valence electrons. The van der Waals surface area contributed by atoms with Gasteiger partial charge in [-0.3, -0.25) is 4.98 Å². The van der Waals surface area contributed by atoms with Crippen LogP contribution in [0.4, 0.5) is 11.5 Å². The van der Waals surface area contributed by atoms with E-state index in [9.17, 15) is 5.11 Å². The molecule has 4 N–H and O–H groups in total. The number of hydrogen-bond donors (Lipinski definition) is 3. The molecule has 0 aliphatic rings. The van der Waals surface area contributed by atoms with Crippen LogP contribution in [-0.4, -0.2) is 22.2 Å². The third kappa shape index (κ3) is 2.79. The van der Waals surface area contributed by atoms with Crippen molar-refractivity contribution in [3.8, 4) is 11.6 Å². The molecule has 6 nitrogen and oxygen atoms in total. The molecule has 0 amide bonds. The molecule has 1 aromatic carbocycles. The summed E-state index contributed by atoms with van der Waals surface area (Å²) >= 11 is 0. The Kier molecular flexibility index (Phi) is 3.47. The highest BCUT2D eigenvalue weighted by molar-refractivity contribution is 5.48. The number of nitrogens with zero attached hydrogens (tertiary/aromatic N) is 2. The third-order valence-electron chi connectivity index (χ3n) is 2.39. The van der Waals surface area contributed by atoms with Crippen LogP contribution in [0.5, 0.6) is 11.6 Å². The summed E-state index contributed by atoms with van der Waals surface area (Å²) in [6, 6.07) is 4.91. The standard InChI is InChI=1S/C12H14N4O2/c1-18-12-7-14-6-11(16-12)15-5-8-4-9(13)2-3-10(8)17/h2-4,6-7,17H,5,13H2,1H3,(H,15,16). The Morgan fingerprint density at radius 2 is 2.22 bits per heavy atom. The van der Waals surface area contributed by atoms with Crippen LogP contribution in [0.3, 0.4) is 0 Å². The zero-order chi connectivity index (χ0) is 13.0. The predicted octanol–water partition coefficient (Wildman–Crippen LogP) is 1.39. The normalized spacial score (nSPS) is 10.1. The van der Waals surface area contributed by atoms with Crippen LogP contribution in [0.25, 0.3) is 0 Å². The van der Waals surface area contributed by atoms with Crippen molar-refractivity contribution in [1.29, 1.82) is 0 Å². The van der Waals surface area contributed by atoms with Gasteiger partial charge in [-0.2, -0.15) is 4.98 Å². The summed E-state index contributed by atoms with van der Waals surface area (Å²) in [5.41, 5.74) is 6.95. The monoisotopic (exact) mass is 246 g/mol. The maximum atomic E-state index is 9.66. The molecule has 2 rings (SSSR count). The Balaban J connectivity index is 2.08. The van der Waals surface area contributed by atoms with Gasteiger partial charge in [0, 0.05) is 17.8 Å². The van der Waals surface area contributed by atoms with Crippen LogP contribution >= 0.6 is 0 Å². The van der Waals surface area contributed by atoms with Crippen molar-refractivity contribution in [2.75, 3.05) is 18.2 Å². The number of phenolic OH excluding ortho intramolecular Hbond substituents is 1. The Hall–Kier alpha value is -2.50. The zero-order valence-corrected chi connectivity index (χ0v) is 9.92. The summed E-state index contributed by atoms with van der Waals surface area (Å²) in [7, 11) is 1.53. The summed E-state index contributed by atoms with van der Waals surface area (Å²) in [6.45, 7) is 0.402. The maximum absolute atomic E-state index is 9.66. The Bertz CT molecular complexity index is 545. The molecule has 0 fully saturated rings. The number of rotatable bonds is 4. The molecule has 0 saturated carbocycles. The van der Waals surface area contributed by atoms with E-state index in [0.717, 1.165) is 0 Å². The molecular weight excluding hydrogens is 232 g/mol. The van der Waals surface area contributed by atoms with Gasteiger partial charge in [-0.25, -0.2) is 0 Å². The first-order chi connectivity index (χ1) is 8.69. The van der Waals surface area contributed by atoms with E-state index in [4.69, 9.17) is 10.5 Å². The van der Waals surface area contributed by atoms with Crippen molar-refractivity contribution in [3.63, 3.8) is 0 Å². The number of nitrogens with two attached hydrogens (primary N) is 1. The van der Waals surface area contributed by atoms with Crippen LogP contribution in [0.15, 0.2) is 30.6 Å². The summed E-state index contributed by atoms with van der Waals surface area (Å²) in [6.07, 6.45) is 3.09. The molecule has 2 aromatic rings. The molecule has 0 aliphatic carbocycles. The zero-order valence-electron chi connectivity index (χ0n) is 9.92. The second kappa shape index (κ2) is 5.22. The molecule has 6 heteroatoms. The van der Waals surface area contributed by atoms with Crippen LogP contribution < -0.4 is 15.8 Å². The second-order valence-electron chi connectivity index (χ2n) is 3.69. The van der Waals surface area contributed by atoms with Gasteiger partial charge in [0.1, 0.15) is 11.6 Å². The Morgan fingerprint density at radius 1 is 1.39 bits per heavy atom. The fourth-order valence-corrected chi connectivity index (χ4v) is 1.46. The van der Waals surface area contributed by atoms with E-state index in [1.165, 1.54) is 13.3 Å². The third-order valence-corrected chi connectivity index (χ3v) is 2.39. The number of methoxy groups -OCH3 is 1. The van der Waals surface area contributed by atoms with E-state index < -0.39 is 0 Å². The average molecular weight is 246 g/mol. The molecule has 0 bridgehead atoms. The smallest absolute Gasteiger partial charge is 0.233 e. The van der Waals surface area contributed by atoms with Gasteiger partial charge >= 0.3 is 0 Å². The van der Waals surface area contributed by atoms with Crippen LogP contribution in [-0.2, 0) is 6.54 Å². The fraction of sp³-hybridized carbons (Fsp3) is 0.167. The lowest BCUT2D eigenvalue weighted by Gasteiger charge is -2.08. The van der Waals surface area contributed by atoms with Gasteiger partial charge < -0.3 is 20.9 Å². The lowest BCUT2D eigenvalue weighted by atomic mass is 10.2. The number of nitrogen functional groups attached to an aromatic ring is 1. The van der Waals surface area contributed by atoms with Crippen molar-refractivity contribution in [3.05, 3.63) is 36.2 Å². The molecule has 0 aliphatic heterocycles. The molecule has 1 aromatic heterocycles. The van der Waals surface area contributed by atoms with Gasteiger partial charge in [-0.1, -0.05) is 0 Å². The maximum Gasteiger partial charge on any atom is 0.233 e. The first kappa shape index (κ1) is 12.0. The van der Waals surface area contributed by atoms with Gasteiger partial charge in [0.25, 0.3) is 0 Å². The van der Waals surface area contributed by atoms with Crippen molar-refractivity contribution in [2.24, 2.45) is 0 Å². The lowest BCUT2D eigenvalue weighted by molar-refractivity contribution is 0.396. The first-order valence-corrected chi connectivity index (χ1v) is 5.36. The molecule has 0 saturated heterocycles. The second-order valence-corrected chi connectivity index (χ2v) is 3.69. The summed E-state index contributed by atoms with van der Waals surface area (Å²) in [5, 5.41) is 12.7. The van der Waals surface area contributed by atoms with E-state index in [-0.39, 0.29) is 5.75 Å². The van der Waals surface area contributed by atoms with E-state index in [0.29, 0.717) is 29.5 Å². The number of phenols is 1.